The summed E-state index contributed by atoms with van der Waals surface area (Å²) in [6.45, 7) is 6.72. The molecule has 0 saturated heterocycles. The molecule has 0 fully saturated rings. The smallest absolute Gasteiger partial charge is 0.306 e. The van der Waals surface area contributed by atoms with E-state index in [-0.39, 0.29) is 31.1 Å². The lowest BCUT2D eigenvalue weighted by Crippen LogP contribution is -2.30. The van der Waals surface area contributed by atoms with Gasteiger partial charge in [-0.15, -0.1) is 0 Å². The summed E-state index contributed by atoms with van der Waals surface area (Å²) in [7, 11) is 0. The fourth-order valence-corrected chi connectivity index (χ4v) is 11.7. The minimum atomic E-state index is -0.771. The summed E-state index contributed by atoms with van der Waals surface area (Å²) in [5.74, 6) is -0.840. The summed E-state index contributed by atoms with van der Waals surface area (Å²) in [6, 6.07) is 0. The summed E-state index contributed by atoms with van der Waals surface area (Å²) in [4.78, 5) is 38.4. The molecule has 0 aromatic carbocycles. The van der Waals surface area contributed by atoms with Crippen molar-refractivity contribution in [2.45, 2.75) is 438 Å². The lowest BCUT2D eigenvalue weighted by Gasteiger charge is -2.18. The number of carbonyl (C=O) groups is 3. The Balaban J connectivity index is 4.08. The third kappa shape index (κ3) is 68.8. The van der Waals surface area contributed by atoms with Crippen molar-refractivity contribution in [3.8, 4) is 0 Å². The number of esters is 3. The maximum Gasteiger partial charge on any atom is 0.306 e. The summed E-state index contributed by atoms with van der Waals surface area (Å²) in [6.07, 6.45) is 85.6. The Morgan fingerprint density at radius 2 is 0.407 bits per heavy atom. The van der Waals surface area contributed by atoms with Crippen molar-refractivity contribution in [2.24, 2.45) is 0 Å². The highest BCUT2D eigenvalue weighted by Gasteiger charge is 2.20. The standard InChI is InChI=1S/C75H144O6/c1-4-7-10-13-16-19-22-25-28-29-30-31-32-33-34-35-36-37-38-39-40-41-42-43-44-45-48-50-53-56-59-62-65-68-74(77)80-71-72(81-75(78)69-66-63-60-57-54-51-47-27-24-21-18-15-12-9-6-3)70-79-73(76)67-64-61-58-55-52-49-46-26-23-20-17-14-11-8-5-2/h27,47,72H,4-26,28-46,48-71H2,1-3H3/b47-27-. The predicted octanol–water partition coefficient (Wildman–Crippen LogP) is 25.6. The van der Waals surface area contributed by atoms with E-state index in [0.717, 1.165) is 64.2 Å². The number of hydrogen-bond acceptors (Lipinski definition) is 6. The number of allylic oxidation sites excluding steroid dienone is 2. The molecule has 0 aliphatic carbocycles. The molecule has 0 spiro atoms. The molecule has 0 rings (SSSR count). The summed E-state index contributed by atoms with van der Waals surface area (Å²) >= 11 is 0. The molecule has 480 valence electrons. The van der Waals surface area contributed by atoms with E-state index in [1.807, 2.05) is 0 Å². The Bertz CT molecular complexity index is 1260. The first-order valence-electron chi connectivity index (χ1n) is 37.2. The summed E-state index contributed by atoms with van der Waals surface area (Å²) in [5.41, 5.74) is 0. The molecule has 0 radical (unpaired) electrons. The fourth-order valence-electron chi connectivity index (χ4n) is 11.7. The molecule has 1 unspecified atom stereocenters. The monoisotopic (exact) mass is 1140 g/mol. The van der Waals surface area contributed by atoms with Gasteiger partial charge in [-0.2, -0.15) is 0 Å². The Hall–Kier alpha value is -1.85. The average Bonchev–Trinajstić information content (AvgIpc) is 3.47. The third-order valence-corrected chi connectivity index (χ3v) is 17.3. The lowest BCUT2D eigenvalue weighted by atomic mass is 10.0. The van der Waals surface area contributed by atoms with E-state index in [0.29, 0.717) is 19.3 Å². The maximum absolute atomic E-state index is 12.9. The second-order valence-corrected chi connectivity index (χ2v) is 25.6. The van der Waals surface area contributed by atoms with Crippen LogP contribution in [0.3, 0.4) is 0 Å². The highest BCUT2D eigenvalue weighted by atomic mass is 16.6. The SMILES string of the molecule is CCCCCCCC/C=C\CCCCCCCC(=O)OC(COC(=O)CCCCCCCCCCCCCCCCC)COC(=O)CCCCCCCCCCCCCCCCCCCCCCCCCCCCCCCCCCC. The van der Waals surface area contributed by atoms with Crippen LogP contribution in [-0.2, 0) is 28.6 Å². The number of carbonyl (C=O) groups excluding carboxylic acids is 3. The van der Waals surface area contributed by atoms with E-state index in [2.05, 4.69) is 32.9 Å². The molecule has 6 nitrogen and oxygen atoms in total. The minimum absolute atomic E-state index is 0.0666. The molecule has 0 N–H and O–H groups in total. The van der Waals surface area contributed by atoms with Crippen molar-refractivity contribution in [3.63, 3.8) is 0 Å². The van der Waals surface area contributed by atoms with Gasteiger partial charge in [0, 0.05) is 19.3 Å². The van der Waals surface area contributed by atoms with Gasteiger partial charge >= 0.3 is 17.9 Å². The molecular formula is C75H144O6. The topological polar surface area (TPSA) is 78.9 Å². The van der Waals surface area contributed by atoms with E-state index >= 15 is 0 Å². The van der Waals surface area contributed by atoms with Crippen molar-refractivity contribution >= 4 is 17.9 Å². The molecule has 0 aromatic rings. The zero-order valence-electron chi connectivity index (χ0n) is 55.4. The molecule has 81 heavy (non-hydrogen) atoms. The van der Waals surface area contributed by atoms with Crippen LogP contribution in [0.5, 0.6) is 0 Å². The van der Waals surface area contributed by atoms with E-state index in [1.165, 1.54) is 327 Å². The van der Waals surface area contributed by atoms with Crippen LogP contribution in [0.4, 0.5) is 0 Å². The Kier molecular flexibility index (Phi) is 69.0. The van der Waals surface area contributed by atoms with Crippen molar-refractivity contribution in [1.82, 2.24) is 0 Å². The first kappa shape index (κ1) is 79.2. The van der Waals surface area contributed by atoms with Crippen LogP contribution in [-0.4, -0.2) is 37.2 Å². The van der Waals surface area contributed by atoms with Crippen molar-refractivity contribution in [2.75, 3.05) is 13.2 Å². The van der Waals surface area contributed by atoms with Gasteiger partial charge in [0.1, 0.15) is 13.2 Å². The Morgan fingerprint density at radius 1 is 0.235 bits per heavy atom. The van der Waals surface area contributed by atoms with Gasteiger partial charge < -0.3 is 14.2 Å². The minimum Gasteiger partial charge on any atom is -0.462 e. The van der Waals surface area contributed by atoms with Crippen LogP contribution in [0.2, 0.25) is 0 Å². The average molecular weight is 1140 g/mol. The second kappa shape index (κ2) is 70.6. The van der Waals surface area contributed by atoms with Gasteiger partial charge in [-0.05, 0) is 44.9 Å². The van der Waals surface area contributed by atoms with Crippen LogP contribution in [0.25, 0.3) is 0 Å². The first-order chi connectivity index (χ1) is 40.0. The summed E-state index contributed by atoms with van der Waals surface area (Å²) < 4.78 is 17.0. The van der Waals surface area contributed by atoms with Gasteiger partial charge in [-0.1, -0.05) is 380 Å². The van der Waals surface area contributed by atoms with E-state index in [1.54, 1.807) is 0 Å². The van der Waals surface area contributed by atoms with Gasteiger partial charge in [0.2, 0.25) is 0 Å². The highest BCUT2D eigenvalue weighted by molar-refractivity contribution is 5.71. The number of unbranched alkanes of at least 4 members (excludes halogenated alkanes) is 57. The molecule has 1 atom stereocenters. The normalized spacial score (nSPS) is 12.0. The molecule has 0 aliphatic heterocycles. The quantitative estimate of drug-likeness (QED) is 0.0261. The molecule has 0 saturated carbocycles. The third-order valence-electron chi connectivity index (χ3n) is 17.3. The van der Waals surface area contributed by atoms with Gasteiger partial charge in [-0.25, -0.2) is 0 Å². The highest BCUT2D eigenvalue weighted by Crippen LogP contribution is 2.20. The summed E-state index contributed by atoms with van der Waals surface area (Å²) in [5, 5.41) is 0. The maximum atomic E-state index is 12.9. The van der Waals surface area contributed by atoms with Crippen LogP contribution in [0.15, 0.2) is 12.2 Å². The zero-order valence-corrected chi connectivity index (χ0v) is 55.4. The largest absolute Gasteiger partial charge is 0.462 e. The van der Waals surface area contributed by atoms with Crippen LogP contribution < -0.4 is 0 Å². The van der Waals surface area contributed by atoms with Gasteiger partial charge in [0.25, 0.3) is 0 Å². The molecule has 6 heteroatoms. The van der Waals surface area contributed by atoms with Crippen molar-refractivity contribution < 1.29 is 28.6 Å². The second-order valence-electron chi connectivity index (χ2n) is 25.6. The number of rotatable bonds is 70. The zero-order chi connectivity index (χ0) is 58.5. The fraction of sp³-hybridized carbons (Fsp3) is 0.933. The van der Waals surface area contributed by atoms with E-state index < -0.39 is 6.10 Å². The van der Waals surface area contributed by atoms with Crippen LogP contribution in [0, 0.1) is 0 Å². The van der Waals surface area contributed by atoms with Gasteiger partial charge in [-0.3, -0.25) is 14.4 Å². The number of hydrogen-bond donors (Lipinski definition) is 0. The first-order valence-corrected chi connectivity index (χ1v) is 37.2. The molecular weight excluding hydrogens is 997 g/mol. The number of ether oxygens (including phenoxy) is 3. The lowest BCUT2D eigenvalue weighted by molar-refractivity contribution is -0.167. The van der Waals surface area contributed by atoms with E-state index in [4.69, 9.17) is 14.2 Å². The van der Waals surface area contributed by atoms with Crippen molar-refractivity contribution in [3.05, 3.63) is 12.2 Å². The molecule has 0 aliphatic rings. The van der Waals surface area contributed by atoms with Crippen molar-refractivity contribution in [1.29, 1.82) is 0 Å². The Morgan fingerprint density at radius 3 is 0.617 bits per heavy atom. The predicted molar refractivity (Wildman–Crippen MR) is 353 cm³/mol. The molecule has 0 aromatic heterocycles. The van der Waals surface area contributed by atoms with Crippen LogP contribution >= 0.6 is 0 Å². The molecule has 0 bridgehead atoms. The Labute approximate surface area is 507 Å². The van der Waals surface area contributed by atoms with Crippen LogP contribution in [0.1, 0.15) is 432 Å². The molecule has 0 heterocycles. The molecule has 0 amide bonds. The van der Waals surface area contributed by atoms with Gasteiger partial charge in [0.15, 0.2) is 6.10 Å². The van der Waals surface area contributed by atoms with Gasteiger partial charge in [0.05, 0.1) is 0 Å². The van der Waals surface area contributed by atoms with E-state index in [9.17, 15) is 14.4 Å².